The number of hydrogen-bond donors (Lipinski definition) is 2. The largest absolute Gasteiger partial charge is 0.356 e. The van der Waals surface area contributed by atoms with E-state index in [2.05, 4.69) is 24.5 Å². The number of nitrogens with one attached hydrogen (secondary N) is 2. The van der Waals surface area contributed by atoms with Crippen LogP contribution in [0.5, 0.6) is 0 Å². The fourth-order valence-electron chi connectivity index (χ4n) is 2.70. The lowest BCUT2D eigenvalue weighted by Gasteiger charge is -2.21. The highest BCUT2D eigenvalue weighted by atomic mass is 32.2. The minimum absolute atomic E-state index is 0.136. The van der Waals surface area contributed by atoms with Crippen LogP contribution in [-0.2, 0) is 9.59 Å². The second kappa shape index (κ2) is 12.1. The first-order chi connectivity index (χ1) is 10.7. The average Bonchev–Trinajstić information content (AvgIpc) is 2.93. The zero-order chi connectivity index (χ0) is 16.2. The molecule has 0 spiro atoms. The van der Waals surface area contributed by atoms with Crippen molar-refractivity contribution in [2.24, 2.45) is 5.92 Å². The van der Waals surface area contributed by atoms with Gasteiger partial charge in [0.05, 0.1) is 0 Å². The van der Waals surface area contributed by atoms with E-state index in [4.69, 9.17) is 0 Å². The van der Waals surface area contributed by atoms with Gasteiger partial charge in [-0.3, -0.25) is 9.59 Å². The first kappa shape index (κ1) is 19.7. The summed E-state index contributed by atoms with van der Waals surface area (Å²) in [7, 11) is 0. The first-order valence-corrected chi connectivity index (χ1v) is 10.7. The van der Waals surface area contributed by atoms with Crippen LogP contribution in [0.25, 0.3) is 0 Å². The van der Waals surface area contributed by atoms with Gasteiger partial charge in [-0.05, 0) is 30.3 Å². The lowest BCUT2D eigenvalue weighted by atomic mass is 10.0. The van der Waals surface area contributed by atoms with E-state index in [0.29, 0.717) is 25.3 Å². The molecule has 0 aromatic heterocycles. The molecule has 4 nitrogen and oxygen atoms in total. The second-order valence-corrected chi connectivity index (χ2v) is 8.35. The molecule has 1 aliphatic rings. The number of amides is 2. The van der Waals surface area contributed by atoms with Gasteiger partial charge in [-0.2, -0.15) is 23.5 Å². The van der Waals surface area contributed by atoms with Crippen molar-refractivity contribution >= 4 is 35.3 Å². The number of hydrogen-bond acceptors (Lipinski definition) is 4. The third kappa shape index (κ3) is 8.32. The smallest absolute Gasteiger partial charge is 0.221 e. The van der Waals surface area contributed by atoms with Gasteiger partial charge in [0.25, 0.3) is 0 Å². The molecule has 0 aliphatic heterocycles. The van der Waals surface area contributed by atoms with E-state index in [1.807, 2.05) is 0 Å². The summed E-state index contributed by atoms with van der Waals surface area (Å²) in [6.45, 7) is 4.91. The van der Waals surface area contributed by atoms with Crippen molar-refractivity contribution < 1.29 is 9.59 Å². The van der Waals surface area contributed by atoms with Gasteiger partial charge in [-0.1, -0.05) is 20.3 Å². The standard InChI is InChI=1S/C16H30N2O2S2/c1-3-21-10-8-15(19)17-12-13-6-5-7-14(13)18-16(20)9-11-22-4-2/h13-14H,3-12H2,1-2H3,(H,17,19)(H,18,20)/t13-,14+/m0/s1. The topological polar surface area (TPSA) is 58.2 Å². The molecule has 0 aromatic rings. The fraction of sp³-hybridized carbons (Fsp3) is 0.875. The maximum atomic E-state index is 11.9. The normalized spacial score (nSPS) is 20.8. The monoisotopic (exact) mass is 346 g/mol. The van der Waals surface area contributed by atoms with Crippen molar-refractivity contribution in [2.45, 2.75) is 52.0 Å². The molecule has 22 heavy (non-hydrogen) atoms. The molecule has 1 fully saturated rings. The molecule has 0 heterocycles. The zero-order valence-corrected chi connectivity index (χ0v) is 15.5. The Morgan fingerprint density at radius 3 is 2.27 bits per heavy atom. The van der Waals surface area contributed by atoms with Crippen molar-refractivity contribution in [3.05, 3.63) is 0 Å². The van der Waals surface area contributed by atoms with Crippen molar-refractivity contribution in [1.82, 2.24) is 10.6 Å². The molecular weight excluding hydrogens is 316 g/mol. The van der Waals surface area contributed by atoms with E-state index in [0.717, 1.165) is 42.3 Å². The summed E-state index contributed by atoms with van der Waals surface area (Å²) in [6.07, 6.45) is 4.47. The Morgan fingerprint density at radius 1 is 1.00 bits per heavy atom. The summed E-state index contributed by atoms with van der Waals surface area (Å²) in [5, 5.41) is 6.19. The van der Waals surface area contributed by atoms with Gasteiger partial charge in [0.1, 0.15) is 0 Å². The van der Waals surface area contributed by atoms with Gasteiger partial charge in [-0.15, -0.1) is 0 Å². The van der Waals surface area contributed by atoms with Crippen LogP contribution >= 0.6 is 23.5 Å². The summed E-state index contributed by atoms with van der Waals surface area (Å²) in [4.78, 5) is 23.7. The number of carbonyl (C=O) groups is 2. The van der Waals surface area contributed by atoms with E-state index in [1.54, 1.807) is 23.5 Å². The van der Waals surface area contributed by atoms with Crippen LogP contribution in [0.15, 0.2) is 0 Å². The van der Waals surface area contributed by atoms with Crippen molar-refractivity contribution in [2.75, 3.05) is 29.6 Å². The third-order valence-electron chi connectivity index (χ3n) is 3.92. The summed E-state index contributed by atoms with van der Waals surface area (Å²) >= 11 is 3.59. The van der Waals surface area contributed by atoms with Gasteiger partial charge in [0, 0.05) is 36.9 Å². The molecule has 2 atom stereocenters. The quantitative estimate of drug-likeness (QED) is 0.565. The lowest BCUT2D eigenvalue weighted by Crippen LogP contribution is -2.42. The molecule has 0 bridgehead atoms. The fourth-order valence-corrected chi connectivity index (χ4v) is 3.94. The van der Waals surface area contributed by atoms with E-state index >= 15 is 0 Å². The maximum Gasteiger partial charge on any atom is 0.221 e. The summed E-state index contributed by atoms with van der Waals surface area (Å²) < 4.78 is 0. The SMILES string of the molecule is CCSCCC(=O)NC[C@@H]1CCC[C@H]1NC(=O)CCSCC. The highest BCUT2D eigenvalue weighted by molar-refractivity contribution is 7.99. The van der Waals surface area contributed by atoms with Crippen LogP contribution in [0.4, 0.5) is 0 Å². The Bertz CT molecular complexity index is 340. The van der Waals surface area contributed by atoms with Crippen molar-refractivity contribution in [3.8, 4) is 0 Å². The maximum absolute atomic E-state index is 11.9. The van der Waals surface area contributed by atoms with Gasteiger partial charge in [-0.25, -0.2) is 0 Å². The Labute approximate surface area is 143 Å². The summed E-state index contributed by atoms with van der Waals surface area (Å²) in [5.74, 6) is 4.59. The van der Waals surface area contributed by atoms with Crippen LogP contribution in [0, 0.1) is 5.92 Å². The molecule has 0 saturated heterocycles. The molecule has 2 amide bonds. The van der Waals surface area contributed by atoms with Crippen molar-refractivity contribution in [3.63, 3.8) is 0 Å². The van der Waals surface area contributed by atoms with Crippen LogP contribution in [0.2, 0.25) is 0 Å². The van der Waals surface area contributed by atoms with Crippen LogP contribution in [-0.4, -0.2) is 47.4 Å². The van der Waals surface area contributed by atoms with Crippen LogP contribution in [0.1, 0.15) is 46.0 Å². The Hall–Kier alpha value is -0.360. The number of carbonyl (C=O) groups excluding carboxylic acids is 2. The van der Waals surface area contributed by atoms with E-state index in [-0.39, 0.29) is 17.9 Å². The average molecular weight is 347 g/mol. The Morgan fingerprint density at radius 2 is 1.64 bits per heavy atom. The zero-order valence-electron chi connectivity index (χ0n) is 13.9. The minimum Gasteiger partial charge on any atom is -0.356 e. The number of rotatable bonds is 11. The molecule has 1 rings (SSSR count). The van der Waals surface area contributed by atoms with Gasteiger partial charge >= 0.3 is 0 Å². The van der Waals surface area contributed by atoms with E-state index in [9.17, 15) is 9.59 Å². The molecule has 1 aliphatic carbocycles. The molecule has 1 saturated carbocycles. The highest BCUT2D eigenvalue weighted by Crippen LogP contribution is 2.25. The second-order valence-electron chi connectivity index (χ2n) is 5.56. The number of thioether (sulfide) groups is 2. The molecule has 0 aromatic carbocycles. The molecule has 6 heteroatoms. The molecule has 0 unspecified atom stereocenters. The Kier molecular flexibility index (Phi) is 10.8. The third-order valence-corrected chi connectivity index (χ3v) is 5.72. The van der Waals surface area contributed by atoms with Gasteiger partial charge in [0.15, 0.2) is 0 Å². The van der Waals surface area contributed by atoms with Gasteiger partial charge in [0.2, 0.25) is 11.8 Å². The van der Waals surface area contributed by atoms with Crippen LogP contribution < -0.4 is 10.6 Å². The molecular formula is C16H30N2O2S2. The van der Waals surface area contributed by atoms with Crippen molar-refractivity contribution in [1.29, 1.82) is 0 Å². The summed E-state index contributed by atoms with van der Waals surface area (Å²) in [5.41, 5.74) is 0. The minimum atomic E-state index is 0.136. The van der Waals surface area contributed by atoms with Crippen LogP contribution in [0.3, 0.4) is 0 Å². The van der Waals surface area contributed by atoms with E-state index in [1.165, 1.54) is 0 Å². The Balaban J connectivity index is 2.22. The van der Waals surface area contributed by atoms with E-state index < -0.39 is 0 Å². The first-order valence-electron chi connectivity index (χ1n) is 8.38. The van der Waals surface area contributed by atoms with Gasteiger partial charge < -0.3 is 10.6 Å². The molecule has 0 radical (unpaired) electrons. The predicted octanol–water partition coefficient (Wildman–Crippen LogP) is 2.67. The summed E-state index contributed by atoms with van der Waals surface area (Å²) in [6, 6.07) is 0.240. The molecule has 128 valence electrons. The highest BCUT2D eigenvalue weighted by Gasteiger charge is 2.28. The predicted molar refractivity (Wildman–Crippen MR) is 97.5 cm³/mol. The lowest BCUT2D eigenvalue weighted by molar-refractivity contribution is -0.121. The molecule has 2 N–H and O–H groups in total.